The normalized spacial score (nSPS) is 14.4. The van der Waals surface area contributed by atoms with Gasteiger partial charge in [0.2, 0.25) is 0 Å². The summed E-state index contributed by atoms with van der Waals surface area (Å²) in [5.74, 6) is -1.20. The van der Waals surface area contributed by atoms with Crippen molar-refractivity contribution in [1.82, 2.24) is 0 Å². The molecular weight excluding hydrogens is 297 g/mol. The van der Waals surface area contributed by atoms with Crippen LogP contribution in [0.1, 0.15) is 84.5 Å². The molecule has 0 spiro atoms. The first-order chi connectivity index (χ1) is 9.77. The Kier molecular flexibility index (Phi) is 10.7. The van der Waals surface area contributed by atoms with E-state index in [1.807, 2.05) is 6.92 Å². The molecule has 0 heterocycles. The molecular formula is C15H31F2O3P. The highest BCUT2D eigenvalue weighted by molar-refractivity contribution is 7.53. The van der Waals surface area contributed by atoms with Gasteiger partial charge in [-0.25, -0.2) is 0 Å². The minimum atomic E-state index is -5.38. The minimum absolute atomic E-state index is 0.200. The molecule has 0 aromatic carbocycles. The first-order valence-electron chi connectivity index (χ1n) is 8.20. The van der Waals surface area contributed by atoms with E-state index in [4.69, 9.17) is 9.79 Å². The fourth-order valence-corrected chi connectivity index (χ4v) is 3.28. The van der Waals surface area contributed by atoms with Gasteiger partial charge in [0, 0.05) is 5.92 Å². The van der Waals surface area contributed by atoms with E-state index in [9.17, 15) is 13.3 Å². The standard InChI is InChI=1S/C15H31F2O3P/c1-3-5-7-9-11-13-14(12-10-8-6-4-2)15(16,17)21(18,19)20/h14H,3-13H2,1-2H3,(H2,18,19,20). The predicted molar refractivity (Wildman–Crippen MR) is 82.6 cm³/mol. The van der Waals surface area contributed by atoms with Crippen molar-refractivity contribution in [3.63, 3.8) is 0 Å². The fourth-order valence-electron chi connectivity index (χ4n) is 2.54. The molecule has 0 radical (unpaired) electrons. The third-order valence-electron chi connectivity index (χ3n) is 3.94. The van der Waals surface area contributed by atoms with E-state index in [0.717, 1.165) is 44.9 Å². The Bertz CT molecular complexity index is 305. The molecule has 0 saturated heterocycles. The van der Waals surface area contributed by atoms with Gasteiger partial charge < -0.3 is 9.79 Å². The molecule has 128 valence electrons. The summed E-state index contributed by atoms with van der Waals surface area (Å²) in [5.41, 5.74) is -3.88. The van der Waals surface area contributed by atoms with Crippen molar-refractivity contribution in [3.05, 3.63) is 0 Å². The average molecular weight is 328 g/mol. The predicted octanol–water partition coefficient (Wildman–Crippen LogP) is 5.70. The number of alkyl halides is 2. The lowest BCUT2D eigenvalue weighted by atomic mass is 9.94. The maximum Gasteiger partial charge on any atom is 0.394 e. The summed E-state index contributed by atoms with van der Waals surface area (Å²) in [5, 5.41) is 0. The van der Waals surface area contributed by atoms with Gasteiger partial charge >= 0.3 is 13.3 Å². The molecule has 1 atom stereocenters. The Morgan fingerprint density at radius 3 is 1.62 bits per heavy atom. The van der Waals surface area contributed by atoms with Crippen LogP contribution in [0.15, 0.2) is 0 Å². The molecule has 1 unspecified atom stereocenters. The second kappa shape index (κ2) is 10.7. The van der Waals surface area contributed by atoms with E-state index in [1.165, 1.54) is 0 Å². The van der Waals surface area contributed by atoms with Crippen LogP contribution in [0.4, 0.5) is 8.78 Å². The maximum atomic E-state index is 13.9. The van der Waals surface area contributed by atoms with Crippen LogP contribution in [0, 0.1) is 5.92 Å². The lowest BCUT2D eigenvalue weighted by Gasteiger charge is -2.27. The molecule has 0 saturated carbocycles. The SMILES string of the molecule is CCCCCCCC(CCCCCC)C(F)(F)P(=O)(O)O. The lowest BCUT2D eigenvalue weighted by Crippen LogP contribution is -2.28. The van der Waals surface area contributed by atoms with Crippen LogP contribution in [0.25, 0.3) is 0 Å². The number of hydrogen-bond donors (Lipinski definition) is 2. The Balaban J connectivity index is 4.44. The Labute approximate surface area is 127 Å². The van der Waals surface area contributed by atoms with Gasteiger partial charge in [0.05, 0.1) is 0 Å². The van der Waals surface area contributed by atoms with E-state index in [2.05, 4.69) is 6.92 Å². The van der Waals surface area contributed by atoms with Crippen molar-refractivity contribution in [2.75, 3.05) is 0 Å². The van der Waals surface area contributed by atoms with Crippen molar-refractivity contribution in [2.45, 2.75) is 90.1 Å². The summed E-state index contributed by atoms with van der Waals surface area (Å²) in [7, 11) is -5.38. The monoisotopic (exact) mass is 328 g/mol. The molecule has 0 aliphatic heterocycles. The first-order valence-corrected chi connectivity index (χ1v) is 9.82. The highest BCUT2D eigenvalue weighted by atomic mass is 31.2. The fraction of sp³-hybridized carbons (Fsp3) is 1.00. The van der Waals surface area contributed by atoms with Crippen molar-refractivity contribution < 1.29 is 23.1 Å². The van der Waals surface area contributed by atoms with E-state index >= 15 is 0 Å². The second-order valence-electron chi connectivity index (χ2n) is 5.88. The topological polar surface area (TPSA) is 57.5 Å². The van der Waals surface area contributed by atoms with Crippen LogP contribution in [-0.4, -0.2) is 15.5 Å². The molecule has 0 aliphatic carbocycles. The summed E-state index contributed by atoms with van der Waals surface area (Å²) < 4.78 is 38.9. The molecule has 21 heavy (non-hydrogen) atoms. The molecule has 0 bridgehead atoms. The number of halogens is 2. The Morgan fingerprint density at radius 2 is 1.24 bits per heavy atom. The Morgan fingerprint density at radius 1 is 0.857 bits per heavy atom. The van der Waals surface area contributed by atoms with Crippen molar-refractivity contribution in [3.8, 4) is 0 Å². The zero-order valence-corrected chi connectivity index (χ0v) is 14.3. The number of hydrogen-bond acceptors (Lipinski definition) is 1. The highest BCUT2D eigenvalue weighted by Crippen LogP contribution is 2.58. The van der Waals surface area contributed by atoms with Crippen LogP contribution in [-0.2, 0) is 4.57 Å². The lowest BCUT2D eigenvalue weighted by molar-refractivity contribution is -0.00876. The third kappa shape index (κ3) is 8.27. The van der Waals surface area contributed by atoms with Gasteiger partial charge in [-0.2, -0.15) is 8.78 Å². The van der Waals surface area contributed by atoms with E-state index in [-0.39, 0.29) is 12.8 Å². The smallest absolute Gasteiger partial charge is 0.320 e. The van der Waals surface area contributed by atoms with E-state index < -0.39 is 19.2 Å². The van der Waals surface area contributed by atoms with Crippen LogP contribution in [0.2, 0.25) is 0 Å². The third-order valence-corrected chi connectivity index (χ3v) is 5.08. The summed E-state index contributed by atoms with van der Waals surface area (Å²) in [4.78, 5) is 17.8. The quantitative estimate of drug-likeness (QED) is 0.336. The van der Waals surface area contributed by atoms with E-state index in [0.29, 0.717) is 12.8 Å². The zero-order valence-electron chi connectivity index (χ0n) is 13.4. The molecule has 0 aromatic rings. The first kappa shape index (κ1) is 21.0. The van der Waals surface area contributed by atoms with E-state index in [1.54, 1.807) is 0 Å². The van der Waals surface area contributed by atoms with Crippen LogP contribution < -0.4 is 0 Å². The van der Waals surface area contributed by atoms with Gasteiger partial charge in [0.15, 0.2) is 0 Å². The van der Waals surface area contributed by atoms with Crippen LogP contribution >= 0.6 is 7.60 Å². The van der Waals surface area contributed by atoms with Crippen LogP contribution in [0.5, 0.6) is 0 Å². The molecule has 3 nitrogen and oxygen atoms in total. The molecule has 0 fully saturated rings. The van der Waals surface area contributed by atoms with Gasteiger partial charge in [-0.1, -0.05) is 71.6 Å². The summed E-state index contributed by atoms with van der Waals surface area (Å²) in [6, 6.07) is 0. The number of unbranched alkanes of at least 4 members (excludes halogenated alkanes) is 7. The van der Waals surface area contributed by atoms with Gasteiger partial charge in [-0.05, 0) is 12.8 Å². The number of rotatable bonds is 13. The summed E-state index contributed by atoms with van der Waals surface area (Å²) in [6.45, 7) is 4.12. The molecule has 0 amide bonds. The largest absolute Gasteiger partial charge is 0.394 e. The molecule has 0 aliphatic rings. The summed E-state index contributed by atoms with van der Waals surface area (Å²) >= 11 is 0. The van der Waals surface area contributed by atoms with Crippen molar-refractivity contribution >= 4 is 7.60 Å². The van der Waals surface area contributed by atoms with Gasteiger partial charge in [0.25, 0.3) is 0 Å². The minimum Gasteiger partial charge on any atom is -0.320 e. The maximum absolute atomic E-state index is 13.9. The Hall–Kier alpha value is 0.01000. The van der Waals surface area contributed by atoms with Crippen molar-refractivity contribution in [2.24, 2.45) is 5.92 Å². The molecule has 2 N–H and O–H groups in total. The summed E-state index contributed by atoms with van der Waals surface area (Å²) in [6.07, 6.45) is 8.49. The zero-order chi connectivity index (χ0) is 16.4. The molecule has 6 heteroatoms. The average Bonchev–Trinajstić information content (AvgIpc) is 2.39. The van der Waals surface area contributed by atoms with Gasteiger partial charge in [-0.15, -0.1) is 0 Å². The van der Waals surface area contributed by atoms with Gasteiger partial charge in [0.1, 0.15) is 0 Å². The molecule has 0 aromatic heterocycles. The second-order valence-corrected chi connectivity index (χ2v) is 7.57. The van der Waals surface area contributed by atoms with Crippen molar-refractivity contribution in [1.29, 1.82) is 0 Å². The van der Waals surface area contributed by atoms with Gasteiger partial charge in [-0.3, -0.25) is 4.57 Å². The highest BCUT2D eigenvalue weighted by Gasteiger charge is 2.54. The van der Waals surface area contributed by atoms with Crippen LogP contribution in [0.3, 0.4) is 0 Å². The molecule has 0 rings (SSSR count).